The van der Waals surface area contributed by atoms with Crippen molar-refractivity contribution >= 4 is 61.9 Å². The van der Waals surface area contributed by atoms with E-state index in [1.807, 2.05) is 0 Å². The minimum atomic E-state index is 0.183. The Labute approximate surface area is 396 Å². The van der Waals surface area contributed by atoms with Crippen molar-refractivity contribution in [2.45, 2.75) is 37.1 Å². The molecule has 68 heavy (non-hydrogen) atoms. The summed E-state index contributed by atoms with van der Waals surface area (Å²) in [4.78, 5) is 2.69. The van der Waals surface area contributed by atoms with Crippen LogP contribution >= 0.6 is 0 Å². The average molecular weight is 867 g/mol. The molecular formula is C66H46N2. The number of nitrogens with zero attached hydrogens (tertiary/aromatic N) is 2. The Bertz CT molecular complexity index is 3940. The monoisotopic (exact) mass is 866 g/mol. The van der Waals surface area contributed by atoms with Crippen LogP contribution in [-0.2, 0) is 0 Å². The van der Waals surface area contributed by atoms with E-state index in [4.69, 9.17) is 0 Å². The van der Waals surface area contributed by atoms with Gasteiger partial charge < -0.3 is 9.30 Å². The molecule has 0 radical (unpaired) electrons. The normalized spacial score (nSPS) is 18.5. The fraction of sp³-hybridized carbons (Fsp3) is 0.0909. The van der Waals surface area contributed by atoms with Gasteiger partial charge in [-0.15, -0.1) is 0 Å². The Balaban J connectivity index is 0.940. The second-order valence-electron chi connectivity index (χ2n) is 19.4. The molecule has 0 amide bonds. The quantitative estimate of drug-likeness (QED) is 0.162. The van der Waals surface area contributed by atoms with E-state index in [2.05, 4.69) is 234 Å². The molecular weight excluding hydrogens is 821 g/mol. The Hall–Kier alpha value is -8.20. The summed E-state index contributed by atoms with van der Waals surface area (Å²) in [6, 6.07) is 66.5. The van der Waals surface area contributed by atoms with E-state index in [0.29, 0.717) is 5.92 Å². The van der Waals surface area contributed by atoms with Crippen molar-refractivity contribution in [1.29, 1.82) is 0 Å². The molecule has 2 nitrogen and oxygen atoms in total. The van der Waals surface area contributed by atoms with Crippen molar-refractivity contribution in [2.75, 3.05) is 4.90 Å². The third kappa shape index (κ3) is 5.52. The zero-order valence-electron chi connectivity index (χ0n) is 37.6. The van der Waals surface area contributed by atoms with Crippen molar-refractivity contribution in [3.05, 3.63) is 245 Å². The number of rotatable bonds is 6. The Morgan fingerprint density at radius 1 is 0.471 bits per heavy atom. The van der Waals surface area contributed by atoms with Gasteiger partial charge in [0, 0.05) is 49.8 Å². The third-order valence-electron chi connectivity index (χ3n) is 15.7. The lowest BCUT2D eigenvalue weighted by atomic mass is 9.76. The predicted molar refractivity (Wildman–Crippen MR) is 286 cm³/mol. The lowest BCUT2D eigenvalue weighted by Crippen LogP contribution is -2.28. The topological polar surface area (TPSA) is 7.65 Å². The van der Waals surface area contributed by atoms with Crippen molar-refractivity contribution in [3.63, 3.8) is 0 Å². The lowest BCUT2D eigenvalue weighted by molar-refractivity contribution is 0.796. The van der Waals surface area contributed by atoms with Gasteiger partial charge in [0.2, 0.25) is 0 Å². The highest BCUT2D eigenvalue weighted by Crippen LogP contribution is 2.62. The van der Waals surface area contributed by atoms with E-state index >= 15 is 0 Å². The van der Waals surface area contributed by atoms with Crippen molar-refractivity contribution in [3.8, 4) is 44.5 Å². The largest absolute Gasteiger partial charge is 0.332 e. The van der Waals surface area contributed by atoms with Crippen LogP contribution < -0.4 is 15.5 Å². The van der Waals surface area contributed by atoms with Gasteiger partial charge >= 0.3 is 0 Å². The molecule has 2 aliphatic heterocycles. The molecule has 0 fully saturated rings. The Morgan fingerprint density at radius 2 is 1.12 bits per heavy atom. The van der Waals surface area contributed by atoms with Crippen molar-refractivity contribution in [1.82, 2.24) is 4.40 Å². The van der Waals surface area contributed by atoms with E-state index in [1.165, 1.54) is 127 Å². The molecule has 320 valence electrons. The predicted octanol–water partition coefficient (Wildman–Crippen LogP) is 15.4. The number of anilines is 2. The smallest absolute Gasteiger partial charge is 0.0708 e. The van der Waals surface area contributed by atoms with Crippen molar-refractivity contribution < 1.29 is 0 Å². The van der Waals surface area contributed by atoms with Gasteiger partial charge in [-0.05, 0) is 134 Å². The second-order valence-corrected chi connectivity index (χ2v) is 19.4. The van der Waals surface area contributed by atoms with Gasteiger partial charge in [0.25, 0.3) is 0 Å². The number of allylic oxidation sites excluding steroid dienone is 6. The van der Waals surface area contributed by atoms with E-state index in [-0.39, 0.29) is 12.0 Å². The molecule has 2 aromatic heterocycles. The summed E-state index contributed by atoms with van der Waals surface area (Å²) < 4.78 is 2.62. The summed E-state index contributed by atoms with van der Waals surface area (Å²) in [6.45, 7) is 0. The van der Waals surface area contributed by atoms with Crippen LogP contribution in [0.15, 0.2) is 212 Å². The molecule has 4 heterocycles. The number of aromatic nitrogens is 1. The molecule has 3 aliphatic carbocycles. The highest BCUT2D eigenvalue weighted by Gasteiger charge is 2.50. The number of benzene rings is 8. The van der Waals surface area contributed by atoms with E-state index in [1.54, 1.807) is 0 Å². The van der Waals surface area contributed by atoms with Gasteiger partial charge in [-0.25, -0.2) is 0 Å². The SMILES string of the molecule is C1=CCC(c2cc(C3=CC=C4c5cc6c(cc5N5c7ccccc7[C@@H]3C45)c3ccc(-c4cc(-c5ccccc5)cc(-c5ccccc5)c4)c4c5c(n6c43)=CCCC=5)cc(-c3ccccc3)c2)C=C1. The van der Waals surface area contributed by atoms with Crippen LogP contribution in [0.1, 0.15) is 53.4 Å². The summed E-state index contributed by atoms with van der Waals surface area (Å²) in [5.74, 6) is 0.555. The molecule has 15 rings (SSSR count). The van der Waals surface area contributed by atoms with E-state index in [9.17, 15) is 0 Å². The first kappa shape index (κ1) is 38.0. The molecule has 0 bridgehead atoms. The number of hydrogen-bond acceptors (Lipinski definition) is 1. The fourth-order valence-electron chi connectivity index (χ4n) is 12.8. The first-order valence-electron chi connectivity index (χ1n) is 24.4. The molecule has 2 heteroatoms. The van der Waals surface area contributed by atoms with Crippen LogP contribution in [0, 0.1) is 0 Å². The maximum Gasteiger partial charge on any atom is 0.0708 e. The summed E-state index contributed by atoms with van der Waals surface area (Å²) in [7, 11) is 0. The molecule has 0 saturated heterocycles. The molecule has 2 unspecified atom stereocenters. The summed E-state index contributed by atoms with van der Waals surface area (Å²) in [5, 5.41) is 6.71. The minimum Gasteiger partial charge on any atom is -0.332 e. The molecule has 3 atom stereocenters. The van der Waals surface area contributed by atoms with Crippen LogP contribution in [-0.4, -0.2) is 10.4 Å². The van der Waals surface area contributed by atoms with Crippen LogP contribution in [0.3, 0.4) is 0 Å². The van der Waals surface area contributed by atoms with Crippen LogP contribution in [0.4, 0.5) is 11.4 Å². The zero-order valence-corrected chi connectivity index (χ0v) is 37.6. The summed E-state index contributed by atoms with van der Waals surface area (Å²) in [6.07, 6.45) is 22.1. The number of hydrogen-bond donors (Lipinski definition) is 0. The molecule has 8 aromatic carbocycles. The Morgan fingerprint density at radius 3 is 1.85 bits per heavy atom. The average Bonchev–Trinajstić information content (AvgIpc) is 4.15. The van der Waals surface area contributed by atoms with Gasteiger partial charge in [0.15, 0.2) is 0 Å². The van der Waals surface area contributed by atoms with Gasteiger partial charge in [0.1, 0.15) is 0 Å². The molecule has 10 aromatic rings. The highest BCUT2D eigenvalue weighted by atomic mass is 15.2. The molecule has 0 spiro atoms. The maximum absolute atomic E-state index is 2.69. The van der Waals surface area contributed by atoms with Crippen LogP contribution in [0.2, 0.25) is 0 Å². The van der Waals surface area contributed by atoms with Crippen LogP contribution in [0.25, 0.3) is 95.0 Å². The summed E-state index contributed by atoms with van der Waals surface area (Å²) >= 11 is 0. The minimum absolute atomic E-state index is 0.183. The summed E-state index contributed by atoms with van der Waals surface area (Å²) in [5.41, 5.74) is 23.6. The van der Waals surface area contributed by atoms with Gasteiger partial charge in [0.05, 0.1) is 22.8 Å². The maximum atomic E-state index is 2.69. The molecule has 0 N–H and O–H groups in total. The lowest BCUT2D eigenvalue weighted by Gasteiger charge is -2.30. The first-order valence-corrected chi connectivity index (χ1v) is 24.4. The van der Waals surface area contributed by atoms with E-state index in [0.717, 1.165) is 19.3 Å². The highest BCUT2D eigenvalue weighted by molar-refractivity contribution is 6.20. The van der Waals surface area contributed by atoms with Crippen molar-refractivity contribution in [2.24, 2.45) is 0 Å². The fourth-order valence-corrected chi connectivity index (χ4v) is 12.8. The van der Waals surface area contributed by atoms with Gasteiger partial charge in [-0.1, -0.05) is 182 Å². The third-order valence-corrected chi connectivity index (χ3v) is 15.7. The standard InChI is InChI=1S/C66H46N2/c1-5-17-41(18-6-1)45-33-46(42-19-7-2-8-20-42)36-49(35-45)51-29-31-53-57-39-62-58(40-61(57)67-59-27-15-13-25-55(59)63(51)65(53)67)54-32-30-52(64-56-26-14-16-28-60(56)68(62)66(54)64)50-37-47(43-21-9-3-10-22-43)34-48(38-50)44-23-11-4-12-24-44/h1-13,15,17-19,21-40,42,63,65H,14,16,20H2/t42?,63-,65?/m1/s1. The Kier molecular flexibility index (Phi) is 8.18. The van der Waals surface area contributed by atoms with Gasteiger partial charge in [-0.2, -0.15) is 0 Å². The zero-order chi connectivity index (χ0) is 44.5. The van der Waals surface area contributed by atoms with E-state index < -0.39 is 0 Å². The molecule has 5 aliphatic rings. The number of para-hydroxylation sites is 1. The van der Waals surface area contributed by atoms with Gasteiger partial charge in [-0.3, -0.25) is 0 Å². The first-order chi connectivity index (χ1) is 33.7. The molecule has 0 saturated carbocycles. The number of fused-ring (bicyclic) bond motifs is 12. The van der Waals surface area contributed by atoms with Crippen LogP contribution in [0.5, 0.6) is 0 Å². The second kappa shape index (κ2) is 14.6.